The molecular weight excluding hydrogens is 134 g/mol. The molecule has 0 heterocycles. The third-order valence-electron chi connectivity index (χ3n) is 2.84. The smallest absolute Gasteiger partial charge is 0.00433 e. The third-order valence-corrected chi connectivity index (χ3v) is 2.84. The van der Waals surface area contributed by atoms with E-state index in [2.05, 4.69) is 6.58 Å². The van der Waals surface area contributed by atoms with E-state index in [0.29, 0.717) is 0 Å². The Morgan fingerprint density at radius 2 is 2.09 bits per heavy atom. The quantitative estimate of drug-likeness (QED) is 0.616. The molecular formula is C10H19N. The second-order valence-corrected chi connectivity index (χ2v) is 3.56. The van der Waals surface area contributed by atoms with Gasteiger partial charge in [0, 0.05) is 0 Å². The molecule has 1 nitrogen and oxygen atoms in total. The van der Waals surface area contributed by atoms with Crippen LogP contribution in [0.15, 0.2) is 12.7 Å². The lowest BCUT2D eigenvalue weighted by Crippen LogP contribution is -2.20. The highest BCUT2D eigenvalue weighted by atomic mass is 14.6. The minimum atomic E-state index is 0.718. The third kappa shape index (κ3) is 2.33. The summed E-state index contributed by atoms with van der Waals surface area (Å²) in [5.41, 5.74) is 5.69. The minimum Gasteiger partial charge on any atom is -0.330 e. The molecule has 1 fully saturated rings. The second kappa shape index (κ2) is 4.55. The highest BCUT2D eigenvalue weighted by Crippen LogP contribution is 2.32. The lowest BCUT2D eigenvalue weighted by molar-refractivity contribution is 0.350. The summed E-state index contributed by atoms with van der Waals surface area (Å²) < 4.78 is 0. The van der Waals surface area contributed by atoms with E-state index in [1.165, 1.54) is 25.7 Å². The van der Waals surface area contributed by atoms with E-state index in [1.54, 1.807) is 0 Å². The summed E-state index contributed by atoms with van der Waals surface area (Å²) >= 11 is 0. The zero-order valence-corrected chi connectivity index (χ0v) is 7.26. The van der Waals surface area contributed by atoms with Crippen LogP contribution in [-0.4, -0.2) is 6.54 Å². The van der Waals surface area contributed by atoms with E-state index in [0.717, 1.165) is 24.8 Å². The van der Waals surface area contributed by atoms with Crippen LogP contribution in [0.2, 0.25) is 0 Å². The molecule has 0 spiro atoms. The SMILES string of the molecule is C=CCC(CN)C1CCCC1. The molecule has 0 aliphatic heterocycles. The lowest BCUT2D eigenvalue weighted by Gasteiger charge is -2.19. The highest BCUT2D eigenvalue weighted by Gasteiger charge is 2.22. The van der Waals surface area contributed by atoms with Crippen molar-refractivity contribution in [3.8, 4) is 0 Å². The van der Waals surface area contributed by atoms with Crippen molar-refractivity contribution in [2.24, 2.45) is 17.6 Å². The normalized spacial score (nSPS) is 21.9. The van der Waals surface area contributed by atoms with Crippen LogP contribution < -0.4 is 5.73 Å². The molecule has 1 rings (SSSR count). The van der Waals surface area contributed by atoms with Crippen LogP contribution in [0, 0.1) is 11.8 Å². The molecule has 0 radical (unpaired) electrons. The predicted molar refractivity (Wildman–Crippen MR) is 49.3 cm³/mol. The molecule has 1 saturated carbocycles. The molecule has 0 amide bonds. The standard InChI is InChI=1S/C10H19N/c1-2-5-10(8-11)9-6-3-4-7-9/h2,9-10H,1,3-8,11H2. The van der Waals surface area contributed by atoms with Crippen LogP contribution in [0.4, 0.5) is 0 Å². The molecule has 1 unspecified atom stereocenters. The number of hydrogen-bond acceptors (Lipinski definition) is 1. The average Bonchev–Trinajstić information content (AvgIpc) is 2.52. The number of rotatable bonds is 4. The van der Waals surface area contributed by atoms with Gasteiger partial charge >= 0.3 is 0 Å². The van der Waals surface area contributed by atoms with Crippen molar-refractivity contribution in [3.05, 3.63) is 12.7 Å². The summed E-state index contributed by atoms with van der Waals surface area (Å²) in [7, 11) is 0. The van der Waals surface area contributed by atoms with Crippen molar-refractivity contribution in [1.29, 1.82) is 0 Å². The summed E-state index contributed by atoms with van der Waals surface area (Å²) in [6.45, 7) is 4.61. The molecule has 0 saturated heterocycles. The number of hydrogen-bond donors (Lipinski definition) is 1. The first-order valence-corrected chi connectivity index (χ1v) is 4.69. The molecule has 0 aromatic heterocycles. The fraction of sp³-hybridized carbons (Fsp3) is 0.800. The van der Waals surface area contributed by atoms with Crippen molar-refractivity contribution in [2.75, 3.05) is 6.54 Å². The Hall–Kier alpha value is -0.300. The van der Waals surface area contributed by atoms with Gasteiger partial charge in [-0.25, -0.2) is 0 Å². The second-order valence-electron chi connectivity index (χ2n) is 3.56. The van der Waals surface area contributed by atoms with Crippen molar-refractivity contribution >= 4 is 0 Å². The Bertz CT molecular complexity index is 114. The Morgan fingerprint density at radius 1 is 1.45 bits per heavy atom. The Kier molecular flexibility index (Phi) is 3.64. The van der Waals surface area contributed by atoms with Crippen molar-refractivity contribution < 1.29 is 0 Å². The maximum atomic E-state index is 5.69. The predicted octanol–water partition coefficient (Wildman–Crippen LogP) is 2.33. The van der Waals surface area contributed by atoms with Gasteiger partial charge in [-0.3, -0.25) is 0 Å². The van der Waals surface area contributed by atoms with Gasteiger partial charge in [-0.2, -0.15) is 0 Å². The largest absolute Gasteiger partial charge is 0.330 e. The van der Waals surface area contributed by atoms with Gasteiger partial charge in [0.2, 0.25) is 0 Å². The fourth-order valence-electron chi connectivity index (χ4n) is 2.12. The van der Waals surface area contributed by atoms with Crippen molar-refractivity contribution in [2.45, 2.75) is 32.1 Å². The van der Waals surface area contributed by atoms with E-state index in [1.807, 2.05) is 6.08 Å². The molecule has 0 bridgehead atoms. The van der Waals surface area contributed by atoms with Gasteiger partial charge in [-0.05, 0) is 24.8 Å². The summed E-state index contributed by atoms with van der Waals surface area (Å²) in [4.78, 5) is 0. The molecule has 0 aromatic rings. The molecule has 64 valence electrons. The van der Waals surface area contributed by atoms with Crippen molar-refractivity contribution in [3.63, 3.8) is 0 Å². The van der Waals surface area contributed by atoms with Crippen LogP contribution in [0.1, 0.15) is 32.1 Å². The average molecular weight is 153 g/mol. The van der Waals surface area contributed by atoms with Crippen LogP contribution in [0.25, 0.3) is 0 Å². The maximum Gasteiger partial charge on any atom is -0.00433 e. The monoisotopic (exact) mass is 153 g/mol. The minimum absolute atomic E-state index is 0.718. The fourth-order valence-corrected chi connectivity index (χ4v) is 2.12. The van der Waals surface area contributed by atoms with Crippen molar-refractivity contribution in [1.82, 2.24) is 0 Å². The lowest BCUT2D eigenvalue weighted by atomic mass is 9.88. The molecule has 1 atom stereocenters. The summed E-state index contributed by atoms with van der Waals surface area (Å²) in [5, 5.41) is 0. The topological polar surface area (TPSA) is 26.0 Å². The van der Waals surface area contributed by atoms with Gasteiger partial charge in [0.25, 0.3) is 0 Å². The maximum absolute atomic E-state index is 5.69. The molecule has 11 heavy (non-hydrogen) atoms. The zero-order valence-electron chi connectivity index (χ0n) is 7.26. The van der Waals surface area contributed by atoms with Gasteiger partial charge in [0.1, 0.15) is 0 Å². The van der Waals surface area contributed by atoms with E-state index in [9.17, 15) is 0 Å². The van der Waals surface area contributed by atoms with Crippen LogP contribution >= 0.6 is 0 Å². The molecule has 1 heteroatoms. The first kappa shape index (κ1) is 8.79. The van der Waals surface area contributed by atoms with Gasteiger partial charge in [0.15, 0.2) is 0 Å². The number of allylic oxidation sites excluding steroid dienone is 1. The van der Waals surface area contributed by atoms with E-state index < -0.39 is 0 Å². The first-order valence-electron chi connectivity index (χ1n) is 4.69. The van der Waals surface area contributed by atoms with E-state index in [-0.39, 0.29) is 0 Å². The zero-order chi connectivity index (χ0) is 8.10. The van der Waals surface area contributed by atoms with Gasteiger partial charge in [-0.1, -0.05) is 31.8 Å². The summed E-state index contributed by atoms with van der Waals surface area (Å²) in [6, 6.07) is 0. The number of nitrogens with two attached hydrogens (primary N) is 1. The summed E-state index contributed by atoms with van der Waals surface area (Å²) in [5.74, 6) is 1.62. The summed E-state index contributed by atoms with van der Waals surface area (Å²) in [6.07, 6.45) is 8.75. The van der Waals surface area contributed by atoms with Crippen LogP contribution in [-0.2, 0) is 0 Å². The first-order chi connectivity index (χ1) is 5.38. The van der Waals surface area contributed by atoms with Crippen LogP contribution in [0.5, 0.6) is 0 Å². The molecule has 1 aliphatic rings. The van der Waals surface area contributed by atoms with E-state index >= 15 is 0 Å². The van der Waals surface area contributed by atoms with E-state index in [4.69, 9.17) is 5.73 Å². The molecule has 0 aromatic carbocycles. The Morgan fingerprint density at radius 3 is 2.55 bits per heavy atom. The van der Waals surface area contributed by atoms with Gasteiger partial charge in [-0.15, -0.1) is 6.58 Å². The van der Waals surface area contributed by atoms with Crippen LogP contribution in [0.3, 0.4) is 0 Å². The highest BCUT2D eigenvalue weighted by molar-refractivity contribution is 4.81. The van der Waals surface area contributed by atoms with Gasteiger partial charge in [0.05, 0.1) is 0 Å². The molecule has 2 N–H and O–H groups in total. The Labute approximate surface area is 69.7 Å². The molecule has 1 aliphatic carbocycles. The van der Waals surface area contributed by atoms with Gasteiger partial charge < -0.3 is 5.73 Å². The Balaban J connectivity index is 2.33.